The molecule has 2 rings (SSSR count). The summed E-state index contributed by atoms with van der Waals surface area (Å²) < 4.78 is 18.3. The van der Waals surface area contributed by atoms with Crippen LogP contribution in [0, 0.1) is 5.82 Å². The van der Waals surface area contributed by atoms with Gasteiger partial charge in [0.25, 0.3) is 0 Å². The predicted octanol–water partition coefficient (Wildman–Crippen LogP) is 2.41. The minimum Gasteiger partial charge on any atom is -0.379 e. The summed E-state index contributed by atoms with van der Waals surface area (Å²) in [6.45, 7) is 1.38. The first-order chi connectivity index (χ1) is 6.77. The lowest BCUT2D eigenvalue weighted by atomic mass is 9.76. The third-order valence-electron chi connectivity index (χ3n) is 2.78. The van der Waals surface area contributed by atoms with Gasteiger partial charge in [-0.2, -0.15) is 12.6 Å². The van der Waals surface area contributed by atoms with Gasteiger partial charge < -0.3 is 4.74 Å². The zero-order chi connectivity index (χ0) is 10.0. The van der Waals surface area contributed by atoms with Crippen LogP contribution in [0.3, 0.4) is 0 Å². The molecule has 1 aromatic carbocycles. The van der Waals surface area contributed by atoms with Gasteiger partial charge in [-0.1, -0.05) is 12.1 Å². The van der Waals surface area contributed by atoms with Crippen molar-refractivity contribution < 1.29 is 9.13 Å². The van der Waals surface area contributed by atoms with E-state index in [2.05, 4.69) is 12.6 Å². The van der Waals surface area contributed by atoms with E-state index in [-0.39, 0.29) is 11.2 Å². The second-order valence-corrected chi connectivity index (χ2v) is 4.20. The molecular formula is C11H13FOS. The van der Waals surface area contributed by atoms with Crippen molar-refractivity contribution in [1.29, 1.82) is 0 Å². The van der Waals surface area contributed by atoms with Crippen molar-refractivity contribution in [3.05, 3.63) is 35.6 Å². The fourth-order valence-corrected chi connectivity index (χ4v) is 2.26. The maximum Gasteiger partial charge on any atom is 0.123 e. The molecule has 76 valence electrons. The van der Waals surface area contributed by atoms with Gasteiger partial charge in [0, 0.05) is 5.41 Å². The summed E-state index contributed by atoms with van der Waals surface area (Å²) in [5, 5.41) is 0. The molecule has 3 heteroatoms. The van der Waals surface area contributed by atoms with E-state index in [1.54, 1.807) is 12.1 Å². The number of ether oxygens (including phenoxy) is 1. The average molecular weight is 212 g/mol. The van der Waals surface area contributed by atoms with Crippen LogP contribution in [0.25, 0.3) is 0 Å². The van der Waals surface area contributed by atoms with E-state index in [0.717, 1.165) is 17.7 Å². The third kappa shape index (κ3) is 1.66. The van der Waals surface area contributed by atoms with Gasteiger partial charge in [0.05, 0.1) is 13.2 Å². The summed E-state index contributed by atoms with van der Waals surface area (Å²) in [7, 11) is 0. The van der Waals surface area contributed by atoms with Gasteiger partial charge in [0.2, 0.25) is 0 Å². The Labute approximate surface area is 88.7 Å². The van der Waals surface area contributed by atoms with Gasteiger partial charge in [-0.05, 0) is 29.9 Å². The normalized spacial score (nSPS) is 19.0. The first-order valence-corrected chi connectivity index (χ1v) is 5.35. The molecule has 1 aliphatic rings. The number of hydrogen-bond donors (Lipinski definition) is 1. The molecule has 1 aliphatic heterocycles. The lowest BCUT2D eigenvalue weighted by Gasteiger charge is -2.41. The Balaban J connectivity index is 2.27. The van der Waals surface area contributed by atoms with Crippen LogP contribution in [0.2, 0.25) is 0 Å². The molecule has 0 radical (unpaired) electrons. The second-order valence-electron chi connectivity index (χ2n) is 3.76. The van der Waals surface area contributed by atoms with Crippen LogP contribution in [0.5, 0.6) is 0 Å². The lowest BCUT2D eigenvalue weighted by molar-refractivity contribution is -0.0614. The van der Waals surface area contributed by atoms with Crippen molar-refractivity contribution in [1.82, 2.24) is 0 Å². The molecule has 1 saturated heterocycles. The molecule has 0 bridgehead atoms. The minimum atomic E-state index is -0.173. The van der Waals surface area contributed by atoms with Crippen LogP contribution in [0.4, 0.5) is 4.39 Å². The van der Waals surface area contributed by atoms with Gasteiger partial charge in [-0.25, -0.2) is 4.39 Å². The van der Waals surface area contributed by atoms with Crippen LogP contribution in [-0.4, -0.2) is 19.0 Å². The van der Waals surface area contributed by atoms with Gasteiger partial charge in [0.1, 0.15) is 5.82 Å². The van der Waals surface area contributed by atoms with E-state index in [1.807, 2.05) is 6.07 Å². The maximum atomic E-state index is 13.0. The molecule has 0 saturated carbocycles. The largest absolute Gasteiger partial charge is 0.379 e. The zero-order valence-electron chi connectivity index (χ0n) is 7.87. The lowest BCUT2D eigenvalue weighted by Crippen LogP contribution is -2.47. The smallest absolute Gasteiger partial charge is 0.123 e. The number of thiol groups is 1. The summed E-state index contributed by atoms with van der Waals surface area (Å²) >= 11 is 4.23. The second kappa shape index (κ2) is 3.91. The Morgan fingerprint density at radius 3 is 2.71 bits per heavy atom. The van der Waals surface area contributed by atoms with E-state index in [4.69, 9.17) is 4.74 Å². The van der Waals surface area contributed by atoms with Crippen LogP contribution in [0.1, 0.15) is 12.0 Å². The molecule has 14 heavy (non-hydrogen) atoms. The molecule has 1 nitrogen and oxygen atoms in total. The Morgan fingerprint density at radius 1 is 1.43 bits per heavy atom. The van der Waals surface area contributed by atoms with Crippen molar-refractivity contribution in [2.24, 2.45) is 0 Å². The fourth-order valence-electron chi connectivity index (χ4n) is 1.84. The van der Waals surface area contributed by atoms with Crippen LogP contribution in [0.15, 0.2) is 24.3 Å². The molecule has 0 spiro atoms. The van der Waals surface area contributed by atoms with Gasteiger partial charge >= 0.3 is 0 Å². The van der Waals surface area contributed by atoms with Gasteiger partial charge in [-0.3, -0.25) is 0 Å². The SMILES string of the molecule is Fc1cccc(C2(CCS)COC2)c1. The van der Waals surface area contributed by atoms with E-state index in [9.17, 15) is 4.39 Å². The topological polar surface area (TPSA) is 9.23 Å². The van der Waals surface area contributed by atoms with Crippen LogP contribution < -0.4 is 0 Å². The van der Waals surface area contributed by atoms with E-state index >= 15 is 0 Å². The molecule has 0 aromatic heterocycles. The summed E-state index contributed by atoms with van der Waals surface area (Å²) in [5.41, 5.74) is 1.06. The first kappa shape index (κ1) is 9.99. The van der Waals surface area contributed by atoms with Gasteiger partial charge in [0.15, 0.2) is 0 Å². The standard InChI is InChI=1S/C11H13FOS/c12-10-3-1-2-9(6-10)11(4-5-14)7-13-8-11/h1-3,6,14H,4-5,7-8H2. The average Bonchev–Trinajstić information content (AvgIpc) is 2.11. The van der Waals surface area contributed by atoms with Crippen molar-refractivity contribution in [2.75, 3.05) is 19.0 Å². The zero-order valence-corrected chi connectivity index (χ0v) is 8.77. The van der Waals surface area contributed by atoms with Crippen LogP contribution >= 0.6 is 12.6 Å². The predicted molar refractivity (Wildman–Crippen MR) is 57.4 cm³/mol. The van der Waals surface area contributed by atoms with Crippen molar-refractivity contribution in [3.8, 4) is 0 Å². The summed E-state index contributed by atoms with van der Waals surface area (Å²) in [4.78, 5) is 0. The number of rotatable bonds is 3. The van der Waals surface area contributed by atoms with Crippen molar-refractivity contribution in [3.63, 3.8) is 0 Å². The molecule has 0 atom stereocenters. The molecular weight excluding hydrogens is 199 g/mol. The van der Waals surface area contributed by atoms with E-state index < -0.39 is 0 Å². The highest BCUT2D eigenvalue weighted by Crippen LogP contribution is 2.36. The van der Waals surface area contributed by atoms with E-state index in [1.165, 1.54) is 6.07 Å². The summed E-state index contributed by atoms with van der Waals surface area (Å²) in [6, 6.07) is 6.79. The molecule has 0 N–H and O–H groups in total. The number of halogens is 1. The molecule has 1 fully saturated rings. The van der Waals surface area contributed by atoms with Gasteiger partial charge in [-0.15, -0.1) is 0 Å². The highest BCUT2D eigenvalue weighted by Gasteiger charge is 2.39. The Kier molecular flexibility index (Phi) is 2.79. The fraction of sp³-hybridized carbons (Fsp3) is 0.455. The van der Waals surface area contributed by atoms with E-state index in [0.29, 0.717) is 13.2 Å². The highest BCUT2D eigenvalue weighted by molar-refractivity contribution is 7.80. The Bertz CT molecular complexity index is 323. The minimum absolute atomic E-state index is 0.0177. The summed E-state index contributed by atoms with van der Waals surface area (Å²) in [6.07, 6.45) is 0.944. The van der Waals surface area contributed by atoms with Crippen molar-refractivity contribution >= 4 is 12.6 Å². The van der Waals surface area contributed by atoms with Crippen LogP contribution in [-0.2, 0) is 10.2 Å². The molecule has 0 amide bonds. The Hall–Kier alpha value is -0.540. The number of benzene rings is 1. The first-order valence-electron chi connectivity index (χ1n) is 4.71. The third-order valence-corrected chi connectivity index (χ3v) is 3.01. The molecule has 0 unspecified atom stereocenters. The quantitative estimate of drug-likeness (QED) is 0.757. The monoisotopic (exact) mass is 212 g/mol. The van der Waals surface area contributed by atoms with Crippen molar-refractivity contribution in [2.45, 2.75) is 11.8 Å². The molecule has 0 aliphatic carbocycles. The summed E-state index contributed by atoms with van der Waals surface area (Å²) in [5.74, 6) is 0.632. The Morgan fingerprint density at radius 2 is 2.21 bits per heavy atom. The maximum absolute atomic E-state index is 13.0. The number of hydrogen-bond acceptors (Lipinski definition) is 2. The molecule has 1 heterocycles. The molecule has 1 aromatic rings. The highest BCUT2D eigenvalue weighted by atomic mass is 32.1.